The molecule has 1 heterocycles. The third kappa shape index (κ3) is 2.66. The smallest absolute Gasteiger partial charge is 0.243 e. The molecule has 1 aliphatic heterocycles. The molecular formula is C11H17N3O2S. The molecule has 1 fully saturated rings. The third-order valence-corrected chi connectivity index (χ3v) is 4.71. The van der Waals surface area contributed by atoms with Gasteiger partial charge in [0.25, 0.3) is 0 Å². The first-order valence-corrected chi connectivity index (χ1v) is 7.00. The first-order valence-electron chi connectivity index (χ1n) is 5.56. The molecule has 2 atom stereocenters. The monoisotopic (exact) mass is 255 g/mol. The first kappa shape index (κ1) is 12.5. The molecule has 0 aromatic heterocycles. The van der Waals surface area contributed by atoms with Crippen molar-refractivity contribution >= 4 is 10.0 Å². The zero-order chi connectivity index (χ0) is 12.5. The van der Waals surface area contributed by atoms with Gasteiger partial charge >= 0.3 is 0 Å². The van der Waals surface area contributed by atoms with Crippen molar-refractivity contribution in [3.63, 3.8) is 0 Å². The van der Waals surface area contributed by atoms with Crippen LogP contribution in [0.2, 0.25) is 0 Å². The largest absolute Gasteiger partial charge is 0.326 e. The molecule has 5 nitrogen and oxygen atoms in total. The molecule has 1 aromatic carbocycles. The lowest BCUT2D eigenvalue weighted by atomic mass is 10.1. The second kappa shape index (κ2) is 4.73. The van der Waals surface area contributed by atoms with Gasteiger partial charge < -0.3 is 11.5 Å². The van der Waals surface area contributed by atoms with E-state index in [1.54, 1.807) is 30.3 Å². The molecule has 2 rings (SSSR count). The van der Waals surface area contributed by atoms with Gasteiger partial charge in [-0.2, -0.15) is 4.31 Å². The number of rotatable bonds is 2. The molecule has 0 aliphatic carbocycles. The number of piperidine rings is 1. The third-order valence-electron chi connectivity index (χ3n) is 2.86. The van der Waals surface area contributed by atoms with Crippen LogP contribution in [0, 0.1) is 0 Å². The van der Waals surface area contributed by atoms with Crippen molar-refractivity contribution in [3.8, 4) is 0 Å². The van der Waals surface area contributed by atoms with E-state index in [2.05, 4.69) is 0 Å². The van der Waals surface area contributed by atoms with Crippen LogP contribution in [0.1, 0.15) is 6.42 Å². The molecule has 2 unspecified atom stereocenters. The van der Waals surface area contributed by atoms with Gasteiger partial charge in [0.1, 0.15) is 0 Å². The first-order chi connectivity index (χ1) is 8.00. The van der Waals surface area contributed by atoms with E-state index in [1.807, 2.05) is 0 Å². The molecular weight excluding hydrogens is 238 g/mol. The number of hydrogen-bond donors (Lipinski definition) is 2. The molecule has 4 N–H and O–H groups in total. The highest BCUT2D eigenvalue weighted by Crippen LogP contribution is 2.19. The molecule has 0 spiro atoms. The minimum atomic E-state index is -3.45. The minimum Gasteiger partial charge on any atom is -0.326 e. The van der Waals surface area contributed by atoms with Crippen LogP contribution < -0.4 is 11.5 Å². The Morgan fingerprint density at radius 1 is 1.06 bits per heavy atom. The summed E-state index contributed by atoms with van der Waals surface area (Å²) in [5.41, 5.74) is 11.6. The maximum absolute atomic E-state index is 12.3. The van der Waals surface area contributed by atoms with Gasteiger partial charge in [-0.25, -0.2) is 8.42 Å². The summed E-state index contributed by atoms with van der Waals surface area (Å²) >= 11 is 0. The van der Waals surface area contributed by atoms with Gasteiger partial charge in [-0.1, -0.05) is 18.2 Å². The zero-order valence-corrected chi connectivity index (χ0v) is 10.3. The Hall–Kier alpha value is -0.950. The average molecular weight is 255 g/mol. The summed E-state index contributed by atoms with van der Waals surface area (Å²) in [6, 6.07) is 8.00. The van der Waals surface area contributed by atoms with Crippen LogP contribution in [-0.4, -0.2) is 37.9 Å². The van der Waals surface area contributed by atoms with E-state index in [1.165, 1.54) is 4.31 Å². The van der Waals surface area contributed by atoms with Crippen molar-refractivity contribution < 1.29 is 8.42 Å². The zero-order valence-electron chi connectivity index (χ0n) is 9.49. The molecule has 6 heteroatoms. The fourth-order valence-corrected chi connectivity index (χ4v) is 3.65. The maximum atomic E-state index is 12.3. The van der Waals surface area contributed by atoms with Crippen molar-refractivity contribution in [1.29, 1.82) is 0 Å². The fraction of sp³-hybridized carbons (Fsp3) is 0.455. The standard InChI is InChI=1S/C11H17N3O2S/c12-9-6-10(13)8-14(7-9)17(15,16)11-4-2-1-3-5-11/h1-5,9-10H,6-8,12-13H2. The van der Waals surface area contributed by atoms with Crippen molar-refractivity contribution in [2.45, 2.75) is 23.4 Å². The Morgan fingerprint density at radius 2 is 1.59 bits per heavy atom. The quantitative estimate of drug-likeness (QED) is 0.761. The van der Waals surface area contributed by atoms with Crippen LogP contribution in [0.15, 0.2) is 35.2 Å². The van der Waals surface area contributed by atoms with Gasteiger partial charge in [-0.05, 0) is 18.6 Å². The van der Waals surface area contributed by atoms with Crippen LogP contribution in [-0.2, 0) is 10.0 Å². The summed E-state index contributed by atoms with van der Waals surface area (Å²) in [5, 5.41) is 0. The fourth-order valence-electron chi connectivity index (χ4n) is 2.07. The number of benzene rings is 1. The summed E-state index contributed by atoms with van der Waals surface area (Å²) in [6.07, 6.45) is 0.667. The van der Waals surface area contributed by atoms with E-state index in [-0.39, 0.29) is 12.1 Å². The molecule has 0 radical (unpaired) electrons. The predicted octanol–water partition coefficient (Wildman–Crippen LogP) is -0.264. The van der Waals surface area contributed by atoms with Crippen LogP contribution >= 0.6 is 0 Å². The summed E-state index contributed by atoms with van der Waals surface area (Å²) in [6.45, 7) is 0.676. The lowest BCUT2D eigenvalue weighted by Crippen LogP contribution is -2.53. The summed E-state index contributed by atoms with van der Waals surface area (Å²) in [5.74, 6) is 0. The van der Waals surface area contributed by atoms with Crippen LogP contribution in [0.3, 0.4) is 0 Å². The van der Waals surface area contributed by atoms with Gasteiger partial charge in [0.15, 0.2) is 0 Å². The Morgan fingerprint density at radius 3 is 2.12 bits per heavy atom. The summed E-state index contributed by atoms with van der Waals surface area (Å²) in [7, 11) is -3.45. The van der Waals surface area contributed by atoms with E-state index in [0.29, 0.717) is 24.4 Å². The Kier molecular flexibility index (Phi) is 3.48. The molecule has 1 aromatic rings. The van der Waals surface area contributed by atoms with Gasteiger partial charge in [0.2, 0.25) is 10.0 Å². The van der Waals surface area contributed by atoms with Gasteiger partial charge in [-0.3, -0.25) is 0 Å². The molecule has 94 valence electrons. The summed E-state index contributed by atoms with van der Waals surface area (Å²) in [4.78, 5) is 0.293. The Labute approximate surface area is 101 Å². The maximum Gasteiger partial charge on any atom is 0.243 e. The molecule has 0 amide bonds. The second-order valence-corrected chi connectivity index (χ2v) is 6.33. The highest BCUT2D eigenvalue weighted by molar-refractivity contribution is 7.89. The van der Waals surface area contributed by atoms with E-state index in [4.69, 9.17) is 11.5 Å². The molecule has 1 saturated heterocycles. The van der Waals surface area contributed by atoms with Gasteiger partial charge in [-0.15, -0.1) is 0 Å². The Balaban J connectivity index is 2.27. The number of hydrogen-bond acceptors (Lipinski definition) is 4. The highest BCUT2D eigenvalue weighted by atomic mass is 32.2. The lowest BCUT2D eigenvalue weighted by molar-refractivity contribution is 0.287. The second-order valence-electron chi connectivity index (χ2n) is 4.39. The Bertz CT molecular complexity index is 465. The normalized spacial score (nSPS) is 26.9. The van der Waals surface area contributed by atoms with E-state index in [0.717, 1.165) is 0 Å². The lowest BCUT2D eigenvalue weighted by Gasteiger charge is -2.33. The van der Waals surface area contributed by atoms with Gasteiger partial charge in [0, 0.05) is 25.2 Å². The van der Waals surface area contributed by atoms with Crippen molar-refractivity contribution in [1.82, 2.24) is 4.31 Å². The number of nitrogens with zero attached hydrogens (tertiary/aromatic N) is 1. The van der Waals surface area contributed by atoms with Crippen molar-refractivity contribution in [3.05, 3.63) is 30.3 Å². The highest BCUT2D eigenvalue weighted by Gasteiger charge is 2.31. The van der Waals surface area contributed by atoms with Crippen LogP contribution in [0.4, 0.5) is 0 Å². The molecule has 0 saturated carbocycles. The van der Waals surface area contributed by atoms with E-state index < -0.39 is 10.0 Å². The number of nitrogens with two attached hydrogens (primary N) is 2. The predicted molar refractivity (Wildman–Crippen MR) is 65.8 cm³/mol. The topological polar surface area (TPSA) is 89.4 Å². The average Bonchev–Trinajstić information content (AvgIpc) is 2.29. The molecule has 0 bridgehead atoms. The number of sulfonamides is 1. The van der Waals surface area contributed by atoms with Crippen LogP contribution in [0.25, 0.3) is 0 Å². The molecule has 17 heavy (non-hydrogen) atoms. The minimum absolute atomic E-state index is 0.183. The van der Waals surface area contributed by atoms with Gasteiger partial charge in [0.05, 0.1) is 4.90 Å². The SMILES string of the molecule is NC1CC(N)CN(S(=O)(=O)c2ccccc2)C1. The van der Waals surface area contributed by atoms with Crippen molar-refractivity contribution in [2.24, 2.45) is 11.5 Å². The summed E-state index contributed by atoms with van der Waals surface area (Å²) < 4.78 is 26.0. The molecule has 1 aliphatic rings. The van der Waals surface area contributed by atoms with E-state index >= 15 is 0 Å². The van der Waals surface area contributed by atoms with Crippen LogP contribution in [0.5, 0.6) is 0 Å². The van der Waals surface area contributed by atoms with E-state index in [9.17, 15) is 8.42 Å². The van der Waals surface area contributed by atoms with Crippen molar-refractivity contribution in [2.75, 3.05) is 13.1 Å².